The van der Waals surface area contributed by atoms with Crippen LogP contribution in [-0.2, 0) is 10.0 Å². The van der Waals surface area contributed by atoms with Gasteiger partial charge in [0.05, 0.1) is 11.1 Å². The number of aryl methyl sites for hydroxylation is 1. The van der Waals surface area contributed by atoms with E-state index in [1.165, 1.54) is 5.41 Å². The Kier molecular flexibility index (Phi) is 4.71. The predicted molar refractivity (Wildman–Crippen MR) is 113 cm³/mol. The molecule has 4 aromatic rings. The van der Waals surface area contributed by atoms with Gasteiger partial charge in [-0.3, -0.25) is 4.72 Å². The van der Waals surface area contributed by atoms with Gasteiger partial charge in [0.1, 0.15) is 5.65 Å². The Hall–Kier alpha value is -3.38. The van der Waals surface area contributed by atoms with Gasteiger partial charge < -0.3 is 4.40 Å². The first kappa shape index (κ1) is 18.0. The van der Waals surface area contributed by atoms with Gasteiger partial charge in [-0.2, -0.15) is 0 Å². The van der Waals surface area contributed by atoms with Crippen molar-refractivity contribution < 1.29 is 8.42 Å². The topological polar surface area (TPSA) is 63.5 Å². The number of rotatable bonds is 5. The lowest BCUT2D eigenvalue weighted by molar-refractivity contribution is 0.609. The molecule has 0 saturated heterocycles. The summed E-state index contributed by atoms with van der Waals surface area (Å²) in [7, 11) is -3.62. The monoisotopic (exact) mass is 389 g/mol. The van der Waals surface area contributed by atoms with Crippen molar-refractivity contribution in [1.29, 1.82) is 0 Å². The van der Waals surface area contributed by atoms with Crippen molar-refractivity contribution in [3.8, 4) is 11.3 Å². The molecule has 0 radical (unpaired) electrons. The maximum Gasteiger partial charge on any atom is 0.255 e. The zero-order valence-electron chi connectivity index (χ0n) is 15.3. The Bertz CT molecular complexity index is 1220. The third-order valence-electron chi connectivity index (χ3n) is 4.30. The second-order valence-corrected chi connectivity index (χ2v) is 8.10. The molecule has 4 rings (SSSR count). The Morgan fingerprint density at radius 1 is 1.00 bits per heavy atom. The molecule has 2 heterocycles. The first-order valence-electron chi connectivity index (χ1n) is 8.80. The lowest BCUT2D eigenvalue weighted by Gasteiger charge is -2.06. The van der Waals surface area contributed by atoms with Gasteiger partial charge in [0.2, 0.25) is 0 Å². The number of anilines is 1. The van der Waals surface area contributed by atoms with E-state index in [1.54, 1.807) is 24.3 Å². The molecule has 0 fully saturated rings. The number of pyridine rings is 1. The highest BCUT2D eigenvalue weighted by Gasteiger charge is 2.09. The Balaban J connectivity index is 1.56. The second-order valence-electron chi connectivity index (χ2n) is 6.53. The minimum absolute atomic E-state index is 0.489. The molecule has 0 saturated carbocycles. The van der Waals surface area contributed by atoms with Crippen LogP contribution in [0.2, 0.25) is 0 Å². The Morgan fingerprint density at radius 2 is 1.82 bits per heavy atom. The van der Waals surface area contributed by atoms with Crippen molar-refractivity contribution >= 4 is 27.4 Å². The predicted octanol–water partition coefficient (Wildman–Crippen LogP) is 4.72. The van der Waals surface area contributed by atoms with Crippen LogP contribution in [0.1, 0.15) is 11.1 Å². The van der Waals surface area contributed by atoms with E-state index in [0.29, 0.717) is 5.69 Å². The number of aromatic nitrogens is 2. The maximum atomic E-state index is 12.4. The zero-order valence-corrected chi connectivity index (χ0v) is 16.1. The third-order valence-corrected chi connectivity index (χ3v) is 5.31. The molecular weight excluding hydrogens is 370 g/mol. The third kappa shape index (κ3) is 4.13. The number of nitrogens with zero attached hydrogens (tertiary/aromatic N) is 2. The molecule has 6 heteroatoms. The normalized spacial score (nSPS) is 11.9. The highest BCUT2D eigenvalue weighted by molar-refractivity contribution is 7.95. The van der Waals surface area contributed by atoms with Crippen molar-refractivity contribution in [2.45, 2.75) is 6.92 Å². The summed E-state index contributed by atoms with van der Waals surface area (Å²) in [6.07, 6.45) is 5.42. The quantitative estimate of drug-likeness (QED) is 0.537. The number of hydrogen-bond acceptors (Lipinski definition) is 3. The van der Waals surface area contributed by atoms with Gasteiger partial charge in [0.25, 0.3) is 10.0 Å². The smallest absolute Gasteiger partial charge is 0.255 e. The lowest BCUT2D eigenvalue weighted by atomic mass is 10.1. The van der Waals surface area contributed by atoms with E-state index in [2.05, 4.69) is 9.71 Å². The fourth-order valence-electron chi connectivity index (χ4n) is 2.86. The average Bonchev–Trinajstić information content (AvgIpc) is 3.12. The number of benzene rings is 2. The molecular formula is C22H19N3O2S. The number of nitrogens with one attached hydrogen (secondary N) is 1. The van der Waals surface area contributed by atoms with Gasteiger partial charge in [-0.1, -0.05) is 48.0 Å². The molecule has 0 aliphatic rings. The molecule has 140 valence electrons. The summed E-state index contributed by atoms with van der Waals surface area (Å²) in [6.45, 7) is 1.99. The van der Waals surface area contributed by atoms with Gasteiger partial charge in [-0.05, 0) is 42.8 Å². The summed E-state index contributed by atoms with van der Waals surface area (Å²) in [5.74, 6) is 0. The summed E-state index contributed by atoms with van der Waals surface area (Å²) >= 11 is 0. The molecule has 5 nitrogen and oxygen atoms in total. The number of hydrogen-bond donors (Lipinski definition) is 1. The highest BCUT2D eigenvalue weighted by Crippen LogP contribution is 2.23. The summed E-state index contributed by atoms with van der Waals surface area (Å²) < 4.78 is 29.3. The first-order valence-corrected chi connectivity index (χ1v) is 10.3. The van der Waals surface area contributed by atoms with Crippen LogP contribution >= 0.6 is 0 Å². The minimum atomic E-state index is -3.62. The molecule has 0 unspecified atom stereocenters. The SMILES string of the molecule is Cc1ccc(/C=C/S(=O)(=O)Nc2cccc(-c3cn4ccccc4n3)c2)cc1. The zero-order chi connectivity index (χ0) is 19.6. The van der Waals surface area contributed by atoms with Crippen molar-refractivity contribution in [3.05, 3.63) is 95.7 Å². The Morgan fingerprint density at radius 3 is 2.61 bits per heavy atom. The average molecular weight is 389 g/mol. The molecule has 0 bridgehead atoms. The number of fused-ring (bicyclic) bond motifs is 1. The standard InChI is InChI=1S/C22H19N3O2S/c1-17-8-10-18(11-9-17)12-14-28(26,27)24-20-6-4-5-19(15-20)21-16-25-13-3-2-7-22(25)23-21/h2-16,24H,1H3/b14-12+. The summed E-state index contributed by atoms with van der Waals surface area (Å²) in [5.41, 5.74) is 4.90. The van der Waals surface area contributed by atoms with Crippen molar-refractivity contribution in [2.75, 3.05) is 4.72 Å². The van der Waals surface area contributed by atoms with Gasteiger partial charge >= 0.3 is 0 Å². The lowest BCUT2D eigenvalue weighted by Crippen LogP contribution is -2.08. The van der Waals surface area contributed by atoms with Crippen molar-refractivity contribution in [3.63, 3.8) is 0 Å². The van der Waals surface area contributed by atoms with Gasteiger partial charge in [0.15, 0.2) is 0 Å². The van der Waals surface area contributed by atoms with Crippen molar-refractivity contribution in [2.24, 2.45) is 0 Å². The van der Waals surface area contributed by atoms with Gasteiger partial charge in [0, 0.05) is 23.6 Å². The van der Waals surface area contributed by atoms with Crippen LogP contribution in [0.3, 0.4) is 0 Å². The van der Waals surface area contributed by atoms with E-state index in [4.69, 9.17) is 0 Å². The molecule has 0 amide bonds. The Labute approximate surface area is 164 Å². The maximum absolute atomic E-state index is 12.4. The highest BCUT2D eigenvalue weighted by atomic mass is 32.2. The summed E-state index contributed by atoms with van der Waals surface area (Å²) in [5, 5.41) is 1.18. The van der Waals surface area contributed by atoms with E-state index >= 15 is 0 Å². The first-order chi connectivity index (χ1) is 13.5. The fraction of sp³-hybridized carbons (Fsp3) is 0.0455. The fourth-order valence-corrected chi connectivity index (χ4v) is 3.72. The molecule has 28 heavy (non-hydrogen) atoms. The molecule has 0 spiro atoms. The second kappa shape index (κ2) is 7.32. The van der Waals surface area contributed by atoms with E-state index < -0.39 is 10.0 Å². The van der Waals surface area contributed by atoms with Crippen LogP contribution in [0.25, 0.3) is 23.0 Å². The van der Waals surface area contributed by atoms with Crippen LogP contribution in [0.5, 0.6) is 0 Å². The number of sulfonamides is 1. The van der Waals surface area contributed by atoms with Gasteiger partial charge in [-0.25, -0.2) is 13.4 Å². The van der Waals surface area contributed by atoms with Crippen molar-refractivity contribution in [1.82, 2.24) is 9.38 Å². The number of imidazole rings is 1. The van der Waals surface area contributed by atoms with Crippen LogP contribution in [-0.4, -0.2) is 17.8 Å². The van der Waals surface area contributed by atoms with Crippen LogP contribution < -0.4 is 4.72 Å². The molecule has 0 atom stereocenters. The molecule has 0 aliphatic carbocycles. The van der Waals surface area contributed by atoms with E-state index in [1.807, 2.05) is 72.2 Å². The minimum Gasteiger partial charge on any atom is -0.306 e. The molecule has 2 aromatic heterocycles. The van der Waals surface area contributed by atoms with Crippen LogP contribution in [0.15, 0.2) is 84.5 Å². The van der Waals surface area contributed by atoms with Crippen LogP contribution in [0.4, 0.5) is 5.69 Å². The van der Waals surface area contributed by atoms with E-state index in [9.17, 15) is 8.42 Å². The van der Waals surface area contributed by atoms with Crippen LogP contribution in [0, 0.1) is 6.92 Å². The molecule has 1 N–H and O–H groups in total. The molecule has 2 aromatic carbocycles. The largest absolute Gasteiger partial charge is 0.306 e. The van der Waals surface area contributed by atoms with E-state index in [-0.39, 0.29) is 0 Å². The summed E-state index contributed by atoms with van der Waals surface area (Å²) in [6, 6.07) is 20.6. The summed E-state index contributed by atoms with van der Waals surface area (Å²) in [4.78, 5) is 4.58. The van der Waals surface area contributed by atoms with E-state index in [0.717, 1.165) is 28.0 Å². The molecule has 0 aliphatic heterocycles. The van der Waals surface area contributed by atoms with Gasteiger partial charge in [-0.15, -0.1) is 0 Å².